The molecule has 1 aromatic rings. The second kappa shape index (κ2) is 4.61. The van der Waals surface area contributed by atoms with Gasteiger partial charge in [-0.3, -0.25) is 9.98 Å². The molecular formula is C10H12N4O2. The van der Waals surface area contributed by atoms with E-state index in [-0.39, 0.29) is 6.54 Å². The fourth-order valence-corrected chi connectivity index (χ4v) is 1.42. The fourth-order valence-electron chi connectivity index (χ4n) is 1.42. The molecule has 1 amide bonds. The molecule has 0 bridgehead atoms. The lowest BCUT2D eigenvalue weighted by atomic mass is 10.2. The van der Waals surface area contributed by atoms with Crippen molar-refractivity contribution in [2.24, 2.45) is 4.99 Å². The Bertz CT molecular complexity index is 413. The van der Waals surface area contributed by atoms with Crippen molar-refractivity contribution in [2.75, 3.05) is 13.1 Å². The quantitative estimate of drug-likeness (QED) is 0.679. The van der Waals surface area contributed by atoms with Gasteiger partial charge in [-0.25, -0.2) is 4.79 Å². The molecule has 0 radical (unpaired) electrons. The van der Waals surface area contributed by atoms with Gasteiger partial charge in [-0.05, 0) is 11.6 Å². The normalized spacial score (nSPS) is 14.1. The minimum Gasteiger partial charge on any atom is -0.465 e. The van der Waals surface area contributed by atoms with Gasteiger partial charge in [0, 0.05) is 19.3 Å². The Balaban J connectivity index is 2.01. The van der Waals surface area contributed by atoms with Gasteiger partial charge in [-0.15, -0.1) is 0 Å². The number of hydrogen-bond acceptors (Lipinski definition) is 4. The number of amides is 1. The number of rotatable bonds is 3. The van der Waals surface area contributed by atoms with E-state index in [4.69, 9.17) is 5.11 Å². The summed E-state index contributed by atoms with van der Waals surface area (Å²) >= 11 is 0. The zero-order valence-electron chi connectivity index (χ0n) is 8.60. The first-order valence-electron chi connectivity index (χ1n) is 4.96. The SMILES string of the molecule is O=C(O)NCc1ccc(C2=NCCN2)nc1. The summed E-state index contributed by atoms with van der Waals surface area (Å²) in [5, 5.41) is 13.8. The molecule has 16 heavy (non-hydrogen) atoms. The third-order valence-electron chi connectivity index (χ3n) is 2.19. The monoisotopic (exact) mass is 220 g/mol. The number of nitrogens with zero attached hydrogens (tertiary/aromatic N) is 2. The molecule has 0 aromatic carbocycles. The number of pyridine rings is 1. The van der Waals surface area contributed by atoms with Crippen molar-refractivity contribution < 1.29 is 9.90 Å². The van der Waals surface area contributed by atoms with Crippen molar-refractivity contribution in [1.29, 1.82) is 0 Å². The van der Waals surface area contributed by atoms with Gasteiger partial charge in [0.15, 0.2) is 0 Å². The summed E-state index contributed by atoms with van der Waals surface area (Å²) in [5.41, 5.74) is 1.61. The van der Waals surface area contributed by atoms with Crippen LogP contribution in [-0.2, 0) is 6.54 Å². The summed E-state index contributed by atoms with van der Waals surface area (Å²) in [6.07, 6.45) is 0.610. The lowest BCUT2D eigenvalue weighted by molar-refractivity contribution is 0.194. The number of carboxylic acid groups (broad SMARTS) is 1. The Morgan fingerprint density at radius 2 is 2.44 bits per heavy atom. The highest BCUT2D eigenvalue weighted by Crippen LogP contribution is 2.02. The third kappa shape index (κ3) is 2.47. The van der Waals surface area contributed by atoms with Gasteiger partial charge < -0.3 is 15.7 Å². The van der Waals surface area contributed by atoms with Crippen LogP contribution in [-0.4, -0.2) is 35.1 Å². The molecule has 6 heteroatoms. The maximum absolute atomic E-state index is 10.3. The summed E-state index contributed by atoms with van der Waals surface area (Å²) in [6.45, 7) is 1.89. The van der Waals surface area contributed by atoms with E-state index in [1.54, 1.807) is 6.20 Å². The number of nitrogens with one attached hydrogen (secondary N) is 2. The highest BCUT2D eigenvalue weighted by Gasteiger charge is 2.08. The summed E-state index contributed by atoms with van der Waals surface area (Å²) < 4.78 is 0. The van der Waals surface area contributed by atoms with Crippen LogP contribution in [0.2, 0.25) is 0 Å². The molecule has 2 heterocycles. The Kier molecular flexibility index (Phi) is 3.00. The van der Waals surface area contributed by atoms with E-state index in [1.165, 1.54) is 0 Å². The Morgan fingerprint density at radius 3 is 3.00 bits per heavy atom. The predicted octanol–water partition coefficient (Wildman–Crippen LogP) is 0.199. The first-order chi connectivity index (χ1) is 7.75. The van der Waals surface area contributed by atoms with Crippen LogP contribution in [0.25, 0.3) is 0 Å². The van der Waals surface area contributed by atoms with Gasteiger partial charge in [0.2, 0.25) is 0 Å². The highest BCUT2D eigenvalue weighted by molar-refractivity contribution is 5.97. The van der Waals surface area contributed by atoms with Crippen LogP contribution in [0, 0.1) is 0 Å². The first-order valence-corrected chi connectivity index (χ1v) is 4.96. The number of aromatic nitrogens is 1. The van der Waals surface area contributed by atoms with Gasteiger partial charge in [0.25, 0.3) is 0 Å². The fraction of sp³-hybridized carbons (Fsp3) is 0.300. The molecule has 2 rings (SSSR count). The maximum atomic E-state index is 10.3. The van der Waals surface area contributed by atoms with Gasteiger partial charge in [-0.2, -0.15) is 0 Å². The largest absolute Gasteiger partial charge is 0.465 e. The lowest BCUT2D eigenvalue weighted by Gasteiger charge is -2.03. The van der Waals surface area contributed by atoms with Crippen molar-refractivity contribution in [3.63, 3.8) is 0 Å². The zero-order chi connectivity index (χ0) is 11.4. The molecule has 0 saturated heterocycles. The molecule has 1 aliphatic rings. The Morgan fingerprint density at radius 1 is 1.56 bits per heavy atom. The van der Waals surface area contributed by atoms with Crippen molar-refractivity contribution in [3.8, 4) is 0 Å². The smallest absolute Gasteiger partial charge is 0.404 e. The van der Waals surface area contributed by atoms with Crippen LogP contribution in [0.3, 0.4) is 0 Å². The number of hydrogen-bond donors (Lipinski definition) is 3. The Hall–Kier alpha value is -2.11. The standard InChI is InChI=1S/C10H12N4O2/c15-10(16)14-6-7-1-2-8(13-5-7)9-11-3-4-12-9/h1-2,5,14H,3-4,6H2,(H,11,12)(H,15,16). The summed E-state index contributed by atoms with van der Waals surface area (Å²) in [6, 6.07) is 3.66. The van der Waals surface area contributed by atoms with Gasteiger partial charge in [-0.1, -0.05) is 6.07 Å². The minimum absolute atomic E-state index is 0.266. The van der Waals surface area contributed by atoms with E-state index in [1.807, 2.05) is 12.1 Å². The average molecular weight is 220 g/mol. The second-order valence-electron chi connectivity index (χ2n) is 3.37. The molecule has 6 nitrogen and oxygen atoms in total. The molecule has 0 unspecified atom stereocenters. The molecule has 0 saturated carbocycles. The number of carbonyl (C=O) groups is 1. The second-order valence-corrected chi connectivity index (χ2v) is 3.37. The van der Waals surface area contributed by atoms with Crippen LogP contribution in [0.15, 0.2) is 23.3 Å². The molecule has 0 fully saturated rings. The van der Waals surface area contributed by atoms with E-state index in [0.717, 1.165) is 30.2 Å². The van der Waals surface area contributed by atoms with E-state index in [2.05, 4.69) is 20.6 Å². The van der Waals surface area contributed by atoms with Gasteiger partial charge >= 0.3 is 6.09 Å². The minimum atomic E-state index is -1.04. The van der Waals surface area contributed by atoms with Crippen LogP contribution in [0.4, 0.5) is 4.79 Å². The molecular weight excluding hydrogens is 208 g/mol. The highest BCUT2D eigenvalue weighted by atomic mass is 16.4. The topological polar surface area (TPSA) is 86.6 Å². The Labute approximate surface area is 92.4 Å². The number of amidine groups is 1. The molecule has 1 aliphatic heterocycles. The molecule has 0 aliphatic carbocycles. The summed E-state index contributed by atoms with van der Waals surface area (Å²) in [5.74, 6) is 0.803. The van der Waals surface area contributed by atoms with E-state index < -0.39 is 6.09 Å². The first kappa shape index (κ1) is 10.4. The maximum Gasteiger partial charge on any atom is 0.404 e. The van der Waals surface area contributed by atoms with Crippen molar-refractivity contribution >= 4 is 11.9 Å². The molecule has 3 N–H and O–H groups in total. The van der Waals surface area contributed by atoms with Crippen LogP contribution in [0.1, 0.15) is 11.3 Å². The van der Waals surface area contributed by atoms with Crippen molar-refractivity contribution in [2.45, 2.75) is 6.54 Å². The van der Waals surface area contributed by atoms with Crippen molar-refractivity contribution in [3.05, 3.63) is 29.6 Å². The van der Waals surface area contributed by atoms with E-state index in [9.17, 15) is 4.79 Å². The summed E-state index contributed by atoms with van der Waals surface area (Å²) in [4.78, 5) is 18.7. The van der Waals surface area contributed by atoms with E-state index in [0.29, 0.717) is 0 Å². The van der Waals surface area contributed by atoms with Gasteiger partial charge in [0.1, 0.15) is 11.5 Å². The molecule has 0 atom stereocenters. The number of aliphatic imine (C=N–C) groups is 1. The molecule has 1 aromatic heterocycles. The predicted molar refractivity (Wildman–Crippen MR) is 58.5 cm³/mol. The lowest BCUT2D eigenvalue weighted by Crippen LogP contribution is -2.22. The average Bonchev–Trinajstić information content (AvgIpc) is 2.80. The zero-order valence-corrected chi connectivity index (χ0v) is 8.60. The molecule has 84 valence electrons. The van der Waals surface area contributed by atoms with Gasteiger partial charge in [0.05, 0.1) is 6.54 Å². The van der Waals surface area contributed by atoms with Crippen molar-refractivity contribution in [1.82, 2.24) is 15.6 Å². The van der Waals surface area contributed by atoms with E-state index >= 15 is 0 Å². The van der Waals surface area contributed by atoms with Crippen LogP contribution in [0.5, 0.6) is 0 Å². The molecule has 0 spiro atoms. The summed E-state index contributed by atoms with van der Waals surface area (Å²) in [7, 11) is 0. The van der Waals surface area contributed by atoms with Crippen LogP contribution >= 0.6 is 0 Å². The third-order valence-corrected chi connectivity index (χ3v) is 2.19. The van der Waals surface area contributed by atoms with Crippen LogP contribution < -0.4 is 10.6 Å².